The lowest BCUT2D eigenvalue weighted by Gasteiger charge is -2.38. The van der Waals surface area contributed by atoms with E-state index in [1.807, 2.05) is 41.4 Å². The topological polar surface area (TPSA) is 68.0 Å². The lowest BCUT2D eigenvalue weighted by molar-refractivity contribution is -0.386. The highest BCUT2D eigenvalue weighted by Gasteiger charge is 2.43. The van der Waals surface area contributed by atoms with Crippen LogP contribution in [-0.2, 0) is 0 Å². The lowest BCUT2D eigenvalue weighted by Crippen LogP contribution is -2.34. The number of hydrogen-bond donors (Lipinski definition) is 0. The first-order valence-electron chi connectivity index (χ1n) is 9.32. The van der Waals surface area contributed by atoms with Gasteiger partial charge in [-0.05, 0) is 42.0 Å². The molecule has 2 aliphatic heterocycles. The molecular formula is C22H15BrClN3O3. The maximum absolute atomic E-state index is 11.6. The molecule has 0 N–H and O–H groups in total. The Bertz CT molecular complexity index is 1180. The van der Waals surface area contributed by atoms with E-state index in [0.717, 1.165) is 21.3 Å². The van der Waals surface area contributed by atoms with Gasteiger partial charge in [-0.25, -0.2) is 5.01 Å². The zero-order chi connectivity index (χ0) is 20.8. The molecule has 0 aliphatic carbocycles. The average molecular weight is 485 g/mol. The van der Waals surface area contributed by atoms with Crippen LogP contribution in [0.2, 0.25) is 5.02 Å². The van der Waals surface area contributed by atoms with Crippen LogP contribution in [0.15, 0.2) is 76.3 Å². The van der Waals surface area contributed by atoms with Crippen molar-refractivity contribution in [2.75, 3.05) is 0 Å². The summed E-state index contributed by atoms with van der Waals surface area (Å²) >= 11 is 9.71. The van der Waals surface area contributed by atoms with Gasteiger partial charge in [0.15, 0.2) is 0 Å². The monoisotopic (exact) mass is 483 g/mol. The molecule has 6 nitrogen and oxygen atoms in total. The maximum atomic E-state index is 11.6. The number of fused-ring (bicyclic) bond motifs is 3. The predicted molar refractivity (Wildman–Crippen MR) is 118 cm³/mol. The van der Waals surface area contributed by atoms with Crippen LogP contribution in [0.1, 0.15) is 35.4 Å². The second kappa shape index (κ2) is 7.41. The van der Waals surface area contributed by atoms with Crippen LogP contribution < -0.4 is 4.74 Å². The van der Waals surface area contributed by atoms with Crippen LogP contribution in [0.25, 0.3) is 0 Å². The Labute approximate surface area is 186 Å². The molecule has 30 heavy (non-hydrogen) atoms. The molecule has 0 saturated carbocycles. The third-order valence-corrected chi connectivity index (χ3v) is 6.09. The molecule has 5 rings (SSSR count). The number of halogens is 2. The van der Waals surface area contributed by atoms with Crippen LogP contribution in [0, 0.1) is 10.1 Å². The van der Waals surface area contributed by atoms with Crippen LogP contribution >= 0.6 is 27.5 Å². The van der Waals surface area contributed by atoms with Gasteiger partial charge in [0.1, 0.15) is 5.75 Å². The first-order valence-corrected chi connectivity index (χ1v) is 10.5. The standard InChI is InChI=1S/C22H15BrClN3O3/c23-14-7-5-13(6-8-14)18-12-20-17-11-15(24)9-10-21(17)30-22(26(20)25-18)16-3-1-2-4-19(16)27(28)29/h1-11,20,22H,12H2/t20-,22+/m0/s1. The molecule has 0 spiro atoms. The van der Waals surface area contributed by atoms with E-state index in [4.69, 9.17) is 21.4 Å². The number of benzene rings is 3. The molecule has 150 valence electrons. The molecule has 0 bridgehead atoms. The normalized spacial score (nSPS) is 19.5. The third-order valence-electron chi connectivity index (χ3n) is 5.33. The van der Waals surface area contributed by atoms with Gasteiger partial charge in [-0.3, -0.25) is 10.1 Å². The van der Waals surface area contributed by atoms with Crippen molar-refractivity contribution < 1.29 is 9.66 Å². The quantitative estimate of drug-likeness (QED) is 0.325. The second-order valence-corrected chi connectivity index (χ2v) is 8.47. The van der Waals surface area contributed by atoms with E-state index in [1.165, 1.54) is 6.07 Å². The van der Waals surface area contributed by atoms with Gasteiger partial charge in [-0.1, -0.05) is 51.8 Å². The number of nitro groups is 1. The summed E-state index contributed by atoms with van der Waals surface area (Å²) in [6, 6.07) is 19.9. The minimum absolute atomic E-state index is 0.00551. The molecule has 2 aliphatic rings. The summed E-state index contributed by atoms with van der Waals surface area (Å²) in [7, 11) is 0. The number of nitro benzene ring substituents is 1. The molecule has 3 aromatic rings. The van der Waals surface area contributed by atoms with E-state index in [9.17, 15) is 10.1 Å². The smallest absolute Gasteiger partial charge is 0.278 e. The Morgan fingerprint density at radius 2 is 1.87 bits per heavy atom. The van der Waals surface area contributed by atoms with Crippen molar-refractivity contribution in [1.29, 1.82) is 0 Å². The van der Waals surface area contributed by atoms with Crippen molar-refractivity contribution in [2.45, 2.75) is 18.7 Å². The lowest BCUT2D eigenvalue weighted by atomic mass is 9.95. The fourth-order valence-electron chi connectivity index (χ4n) is 3.94. The highest BCUT2D eigenvalue weighted by molar-refractivity contribution is 9.10. The van der Waals surface area contributed by atoms with Crippen molar-refractivity contribution in [3.8, 4) is 5.75 Å². The van der Waals surface area contributed by atoms with E-state index < -0.39 is 6.23 Å². The number of hydrogen-bond acceptors (Lipinski definition) is 5. The number of hydrazone groups is 1. The van der Waals surface area contributed by atoms with E-state index >= 15 is 0 Å². The maximum Gasteiger partial charge on any atom is 0.278 e. The van der Waals surface area contributed by atoms with Crippen molar-refractivity contribution in [3.63, 3.8) is 0 Å². The summed E-state index contributed by atoms with van der Waals surface area (Å²) in [6.07, 6.45) is -0.0617. The number of nitrogens with zero attached hydrogens (tertiary/aromatic N) is 3. The van der Waals surface area contributed by atoms with E-state index in [0.29, 0.717) is 22.8 Å². The molecule has 3 aromatic carbocycles. The van der Waals surface area contributed by atoms with Gasteiger partial charge in [-0.15, -0.1) is 0 Å². The Balaban J connectivity index is 1.64. The van der Waals surface area contributed by atoms with Crippen molar-refractivity contribution in [2.24, 2.45) is 5.10 Å². The fourth-order valence-corrected chi connectivity index (χ4v) is 4.39. The van der Waals surface area contributed by atoms with Gasteiger partial charge >= 0.3 is 0 Å². The molecule has 2 heterocycles. The Hall–Kier alpha value is -2.90. The zero-order valence-electron chi connectivity index (χ0n) is 15.5. The van der Waals surface area contributed by atoms with Crippen molar-refractivity contribution in [1.82, 2.24) is 5.01 Å². The molecule has 2 atom stereocenters. The largest absolute Gasteiger partial charge is 0.464 e. The van der Waals surface area contributed by atoms with Gasteiger partial charge < -0.3 is 4.74 Å². The summed E-state index contributed by atoms with van der Waals surface area (Å²) in [5.41, 5.74) is 3.29. The number of ether oxygens (including phenoxy) is 1. The van der Waals surface area contributed by atoms with E-state index in [2.05, 4.69) is 15.9 Å². The molecule has 0 aromatic heterocycles. The molecule has 0 saturated heterocycles. The molecule has 0 fully saturated rings. The van der Waals surface area contributed by atoms with Gasteiger partial charge in [0, 0.05) is 27.5 Å². The summed E-state index contributed by atoms with van der Waals surface area (Å²) in [4.78, 5) is 11.2. The fraction of sp³-hybridized carbons (Fsp3) is 0.136. The van der Waals surface area contributed by atoms with E-state index in [-0.39, 0.29) is 16.7 Å². The van der Waals surface area contributed by atoms with Gasteiger partial charge in [-0.2, -0.15) is 5.10 Å². The Morgan fingerprint density at radius 1 is 1.10 bits per heavy atom. The summed E-state index contributed by atoms with van der Waals surface area (Å²) in [5.74, 6) is 0.663. The minimum atomic E-state index is -0.710. The first-order chi connectivity index (χ1) is 14.5. The molecular weight excluding hydrogens is 470 g/mol. The SMILES string of the molecule is O=[N+]([O-])c1ccccc1[C@H]1Oc2ccc(Cl)cc2[C@@H]2CC(c3ccc(Br)cc3)=NN12. The summed E-state index contributed by atoms with van der Waals surface area (Å²) in [6.45, 7) is 0. The molecule has 0 amide bonds. The van der Waals surface area contributed by atoms with Gasteiger partial charge in [0.25, 0.3) is 5.69 Å². The second-order valence-electron chi connectivity index (χ2n) is 7.12. The van der Waals surface area contributed by atoms with Crippen LogP contribution in [0.5, 0.6) is 5.75 Å². The summed E-state index contributed by atoms with van der Waals surface area (Å²) in [5, 5.41) is 18.9. The number of para-hydroxylation sites is 1. The molecule has 0 unspecified atom stereocenters. The molecule has 0 radical (unpaired) electrons. The zero-order valence-corrected chi connectivity index (χ0v) is 17.9. The summed E-state index contributed by atoms with van der Waals surface area (Å²) < 4.78 is 7.22. The highest BCUT2D eigenvalue weighted by Crippen LogP contribution is 2.49. The van der Waals surface area contributed by atoms with Crippen molar-refractivity contribution >= 4 is 38.9 Å². The van der Waals surface area contributed by atoms with Crippen LogP contribution in [0.4, 0.5) is 5.69 Å². The number of rotatable bonds is 3. The predicted octanol–water partition coefficient (Wildman–Crippen LogP) is 6.25. The van der Waals surface area contributed by atoms with E-state index in [1.54, 1.807) is 24.3 Å². The van der Waals surface area contributed by atoms with Crippen LogP contribution in [0.3, 0.4) is 0 Å². The van der Waals surface area contributed by atoms with Gasteiger partial charge in [0.2, 0.25) is 6.23 Å². The Morgan fingerprint density at radius 3 is 2.63 bits per heavy atom. The third kappa shape index (κ3) is 3.24. The minimum Gasteiger partial charge on any atom is -0.464 e. The first kappa shape index (κ1) is 19.1. The van der Waals surface area contributed by atoms with Gasteiger partial charge in [0.05, 0.1) is 22.2 Å². The Kier molecular flexibility index (Phi) is 4.72. The average Bonchev–Trinajstić information content (AvgIpc) is 3.19. The highest BCUT2D eigenvalue weighted by atomic mass is 79.9. The van der Waals surface area contributed by atoms with Crippen molar-refractivity contribution in [3.05, 3.63) is 103 Å². The van der Waals surface area contributed by atoms with Crippen LogP contribution in [-0.4, -0.2) is 15.6 Å². The molecule has 8 heteroatoms.